The minimum absolute atomic E-state index is 0.199. The van der Waals surface area contributed by atoms with Crippen molar-refractivity contribution in [1.82, 2.24) is 0 Å². The number of anilines is 2. The first-order valence-electron chi connectivity index (χ1n) is 9.77. The van der Waals surface area contributed by atoms with Crippen LogP contribution in [0.3, 0.4) is 0 Å². The van der Waals surface area contributed by atoms with E-state index in [0.717, 1.165) is 10.6 Å². The molecule has 3 aromatic carbocycles. The standard InChI is InChI=1S/C23H18Cl2N2O5S/c1-33(30,31)27-13-21(32-20-10-8-16(25)12-19(20)27)23(29)26-18-9-7-15(24)11-17(18)22(28)14-5-3-2-4-6-14/h2-12,21H,13H2,1H3,(H,26,29)/t21-/m0/s1. The third-order valence-corrected chi connectivity index (χ3v) is 6.62. The van der Waals surface area contributed by atoms with Crippen LogP contribution in [0.15, 0.2) is 66.7 Å². The first kappa shape index (κ1) is 23.1. The molecule has 0 unspecified atom stereocenters. The summed E-state index contributed by atoms with van der Waals surface area (Å²) >= 11 is 12.1. The maximum Gasteiger partial charge on any atom is 0.267 e. The summed E-state index contributed by atoms with van der Waals surface area (Å²) in [5.74, 6) is -0.739. The van der Waals surface area contributed by atoms with E-state index in [2.05, 4.69) is 5.32 Å². The molecule has 0 saturated heterocycles. The van der Waals surface area contributed by atoms with Gasteiger partial charge in [0.2, 0.25) is 10.0 Å². The first-order chi connectivity index (χ1) is 15.6. The number of sulfonamides is 1. The quantitative estimate of drug-likeness (QED) is 0.520. The Labute approximate surface area is 200 Å². The minimum Gasteiger partial charge on any atom is -0.476 e. The van der Waals surface area contributed by atoms with Crippen LogP contribution in [0.4, 0.5) is 11.4 Å². The van der Waals surface area contributed by atoms with Crippen molar-refractivity contribution in [2.45, 2.75) is 6.10 Å². The molecule has 0 aliphatic carbocycles. The molecular formula is C23H18Cl2N2O5S. The molecule has 1 aliphatic heterocycles. The summed E-state index contributed by atoms with van der Waals surface area (Å²) in [6.07, 6.45) is -0.128. The van der Waals surface area contributed by atoms with Crippen molar-refractivity contribution in [3.63, 3.8) is 0 Å². The smallest absolute Gasteiger partial charge is 0.267 e. The van der Waals surface area contributed by atoms with E-state index < -0.39 is 22.0 Å². The fraction of sp³-hybridized carbons (Fsp3) is 0.130. The van der Waals surface area contributed by atoms with Crippen LogP contribution in [0.1, 0.15) is 15.9 Å². The van der Waals surface area contributed by atoms with Gasteiger partial charge in [0.05, 0.1) is 24.2 Å². The summed E-state index contributed by atoms with van der Waals surface area (Å²) in [4.78, 5) is 26.1. The number of ether oxygens (including phenoxy) is 1. The van der Waals surface area contributed by atoms with Crippen LogP contribution in [-0.4, -0.2) is 39.0 Å². The predicted molar refractivity (Wildman–Crippen MR) is 128 cm³/mol. The fourth-order valence-electron chi connectivity index (χ4n) is 3.45. The fourth-order valence-corrected chi connectivity index (χ4v) is 4.69. The average Bonchev–Trinajstić information content (AvgIpc) is 2.78. The number of amides is 1. The van der Waals surface area contributed by atoms with Crippen LogP contribution in [0, 0.1) is 0 Å². The highest BCUT2D eigenvalue weighted by Gasteiger charge is 2.35. The maximum absolute atomic E-state index is 13.1. The van der Waals surface area contributed by atoms with Gasteiger partial charge in [-0.1, -0.05) is 53.5 Å². The lowest BCUT2D eigenvalue weighted by atomic mass is 10.0. The van der Waals surface area contributed by atoms with Gasteiger partial charge >= 0.3 is 0 Å². The van der Waals surface area contributed by atoms with Crippen molar-refractivity contribution in [3.05, 3.63) is 87.9 Å². The molecule has 10 heteroatoms. The topological polar surface area (TPSA) is 92.8 Å². The van der Waals surface area contributed by atoms with Crippen LogP contribution in [0.2, 0.25) is 10.0 Å². The average molecular weight is 505 g/mol. The molecule has 0 radical (unpaired) electrons. The lowest BCUT2D eigenvalue weighted by Crippen LogP contribution is -2.48. The van der Waals surface area contributed by atoms with Gasteiger partial charge in [-0.15, -0.1) is 0 Å². The number of carbonyl (C=O) groups is 2. The Kier molecular flexibility index (Phi) is 6.34. The number of hydrogen-bond donors (Lipinski definition) is 1. The van der Waals surface area contributed by atoms with Crippen molar-refractivity contribution in [2.24, 2.45) is 0 Å². The molecule has 3 aromatic rings. The van der Waals surface area contributed by atoms with Gasteiger partial charge in [-0.2, -0.15) is 0 Å². The van der Waals surface area contributed by atoms with Gasteiger partial charge in [-0.05, 0) is 36.4 Å². The molecule has 1 aliphatic rings. The molecule has 1 amide bonds. The normalized spacial score (nSPS) is 15.4. The monoisotopic (exact) mass is 504 g/mol. The van der Waals surface area contributed by atoms with E-state index in [1.807, 2.05) is 0 Å². The molecular weight excluding hydrogens is 487 g/mol. The SMILES string of the molecule is CS(=O)(=O)N1C[C@@H](C(=O)Nc2ccc(Cl)cc2C(=O)c2ccccc2)Oc2ccc(Cl)cc21. The van der Waals surface area contributed by atoms with Crippen molar-refractivity contribution in [3.8, 4) is 5.75 Å². The van der Waals surface area contributed by atoms with E-state index in [0.29, 0.717) is 15.6 Å². The summed E-state index contributed by atoms with van der Waals surface area (Å²) in [6.45, 7) is -0.256. The summed E-state index contributed by atoms with van der Waals surface area (Å²) in [5, 5.41) is 3.34. The summed E-state index contributed by atoms with van der Waals surface area (Å²) in [7, 11) is -3.72. The Balaban J connectivity index is 1.64. The van der Waals surface area contributed by atoms with E-state index in [1.165, 1.54) is 30.3 Å². The number of hydrogen-bond acceptors (Lipinski definition) is 5. The van der Waals surface area contributed by atoms with E-state index >= 15 is 0 Å². The number of nitrogens with one attached hydrogen (secondary N) is 1. The van der Waals surface area contributed by atoms with Gasteiger partial charge < -0.3 is 10.1 Å². The molecule has 1 heterocycles. The van der Waals surface area contributed by atoms with Crippen molar-refractivity contribution >= 4 is 56.3 Å². The number of rotatable bonds is 5. The van der Waals surface area contributed by atoms with Crippen LogP contribution >= 0.6 is 23.2 Å². The second kappa shape index (κ2) is 9.05. The second-order valence-corrected chi connectivity index (χ2v) is 10.2. The van der Waals surface area contributed by atoms with Crippen molar-refractivity contribution in [1.29, 1.82) is 0 Å². The molecule has 33 heavy (non-hydrogen) atoms. The minimum atomic E-state index is -3.72. The molecule has 0 spiro atoms. The molecule has 0 saturated carbocycles. The van der Waals surface area contributed by atoms with Crippen molar-refractivity contribution in [2.75, 3.05) is 22.4 Å². The van der Waals surface area contributed by atoms with Crippen LogP contribution in [0.25, 0.3) is 0 Å². The number of nitrogens with zero attached hydrogens (tertiary/aromatic N) is 1. The van der Waals surface area contributed by atoms with Gasteiger partial charge in [0.15, 0.2) is 11.9 Å². The second-order valence-electron chi connectivity index (χ2n) is 7.39. The molecule has 0 bridgehead atoms. The Bertz CT molecular complexity index is 1350. The Hall–Kier alpha value is -3.07. The number of fused-ring (bicyclic) bond motifs is 1. The first-order valence-corrected chi connectivity index (χ1v) is 12.4. The van der Waals surface area contributed by atoms with Crippen LogP contribution in [0.5, 0.6) is 5.75 Å². The van der Waals surface area contributed by atoms with Gasteiger partial charge in [-0.3, -0.25) is 13.9 Å². The van der Waals surface area contributed by atoms with Crippen LogP contribution < -0.4 is 14.4 Å². The highest BCUT2D eigenvalue weighted by atomic mass is 35.5. The van der Waals surface area contributed by atoms with Gasteiger partial charge in [0.1, 0.15) is 5.75 Å². The summed E-state index contributed by atoms with van der Waals surface area (Å²) in [5.41, 5.74) is 1.11. The van der Waals surface area contributed by atoms with E-state index in [1.54, 1.807) is 36.4 Å². The lowest BCUT2D eigenvalue weighted by Gasteiger charge is -2.34. The molecule has 7 nitrogen and oxygen atoms in total. The highest BCUT2D eigenvalue weighted by Crippen LogP contribution is 2.37. The van der Waals surface area contributed by atoms with E-state index in [-0.39, 0.29) is 35.0 Å². The van der Waals surface area contributed by atoms with Crippen LogP contribution in [-0.2, 0) is 14.8 Å². The molecule has 0 aromatic heterocycles. The summed E-state index contributed by atoms with van der Waals surface area (Å²) < 4.78 is 31.6. The Morgan fingerprint density at radius 3 is 2.36 bits per heavy atom. The van der Waals surface area contributed by atoms with Gasteiger partial charge in [0, 0.05) is 21.2 Å². The van der Waals surface area contributed by atoms with E-state index in [4.69, 9.17) is 27.9 Å². The zero-order valence-corrected chi connectivity index (χ0v) is 19.6. The predicted octanol–water partition coefficient (Wildman–Crippen LogP) is 4.39. The maximum atomic E-state index is 13.1. The van der Waals surface area contributed by atoms with Crippen molar-refractivity contribution < 1.29 is 22.7 Å². The number of carbonyl (C=O) groups excluding carboxylic acids is 2. The zero-order valence-electron chi connectivity index (χ0n) is 17.3. The lowest BCUT2D eigenvalue weighted by molar-refractivity contribution is -0.122. The van der Waals surface area contributed by atoms with Gasteiger partial charge in [-0.25, -0.2) is 8.42 Å². The molecule has 170 valence electrons. The largest absolute Gasteiger partial charge is 0.476 e. The van der Waals surface area contributed by atoms with Gasteiger partial charge in [0.25, 0.3) is 5.91 Å². The zero-order chi connectivity index (χ0) is 23.8. The molecule has 1 atom stereocenters. The third-order valence-electron chi connectivity index (χ3n) is 5.00. The number of halogens is 2. The molecule has 0 fully saturated rings. The number of ketones is 1. The van der Waals surface area contributed by atoms with E-state index in [9.17, 15) is 18.0 Å². The Morgan fingerprint density at radius 1 is 1.00 bits per heavy atom. The molecule has 4 rings (SSSR count). The highest BCUT2D eigenvalue weighted by molar-refractivity contribution is 7.92. The summed E-state index contributed by atoms with van der Waals surface area (Å²) in [6, 6.07) is 17.6. The third kappa shape index (κ3) is 4.98. The Morgan fingerprint density at radius 2 is 1.67 bits per heavy atom. The number of benzene rings is 3. The molecule has 1 N–H and O–H groups in total.